The molecule has 9 heteroatoms. The fourth-order valence-corrected chi connectivity index (χ4v) is 4.54. The van der Waals surface area contributed by atoms with Crippen LogP contribution in [0.25, 0.3) is 0 Å². The molecular weight excluding hydrogens is 409 g/mol. The van der Waals surface area contributed by atoms with Crippen molar-refractivity contribution in [3.8, 4) is 5.75 Å². The number of aryl methyl sites for hydroxylation is 1. The molecule has 0 atom stereocenters. The van der Waals surface area contributed by atoms with E-state index in [0.717, 1.165) is 5.56 Å². The minimum atomic E-state index is -3.51. The zero-order valence-corrected chi connectivity index (χ0v) is 17.7. The predicted molar refractivity (Wildman–Crippen MR) is 114 cm³/mol. The average Bonchev–Trinajstić information content (AvgIpc) is 2.74. The predicted octanol–water partition coefficient (Wildman–Crippen LogP) is 1.78. The van der Waals surface area contributed by atoms with E-state index in [0.29, 0.717) is 24.5 Å². The molecule has 30 heavy (non-hydrogen) atoms. The highest BCUT2D eigenvalue weighted by Gasteiger charge is 2.27. The molecule has 0 spiro atoms. The monoisotopic (exact) mass is 435 g/mol. The van der Waals surface area contributed by atoms with Crippen LogP contribution in [0.5, 0.6) is 5.75 Å². The smallest absolute Gasteiger partial charge is 0.257 e. The second-order valence-electron chi connectivity index (χ2n) is 7.11. The van der Waals surface area contributed by atoms with Gasteiger partial charge in [0, 0.05) is 32.7 Å². The fourth-order valence-electron chi connectivity index (χ4n) is 3.20. The molecule has 0 radical (unpaired) electrons. The molecule has 1 saturated heterocycles. The molecule has 3 rings (SSSR count). The molecule has 0 aliphatic carbocycles. The molecule has 1 amide bonds. The van der Waals surface area contributed by atoms with Crippen LogP contribution < -0.4 is 15.0 Å². The van der Waals surface area contributed by atoms with Crippen LogP contribution in [0.1, 0.15) is 5.56 Å². The minimum absolute atomic E-state index is 0.00590. The number of sulfonamides is 1. The first-order valence-electron chi connectivity index (χ1n) is 9.78. The molecule has 0 saturated carbocycles. The molecule has 1 heterocycles. The van der Waals surface area contributed by atoms with Crippen LogP contribution in [0.4, 0.5) is 10.1 Å². The third-order valence-corrected chi connectivity index (χ3v) is 6.77. The maximum absolute atomic E-state index is 13.9. The Bertz CT molecular complexity index is 958. The van der Waals surface area contributed by atoms with Gasteiger partial charge in [0.1, 0.15) is 11.6 Å². The molecule has 0 aromatic heterocycles. The number of anilines is 1. The van der Waals surface area contributed by atoms with E-state index in [4.69, 9.17) is 4.74 Å². The number of nitrogens with zero attached hydrogens (tertiary/aromatic N) is 2. The summed E-state index contributed by atoms with van der Waals surface area (Å²) in [5, 5.41) is 2.57. The van der Waals surface area contributed by atoms with E-state index in [1.807, 2.05) is 24.0 Å². The van der Waals surface area contributed by atoms with Crippen LogP contribution in [-0.4, -0.2) is 63.7 Å². The molecule has 2 aromatic carbocycles. The Balaban J connectivity index is 1.40. The summed E-state index contributed by atoms with van der Waals surface area (Å²) < 4.78 is 45.8. The van der Waals surface area contributed by atoms with Crippen LogP contribution in [0, 0.1) is 12.7 Å². The largest absolute Gasteiger partial charge is 0.484 e. The van der Waals surface area contributed by atoms with Gasteiger partial charge in [-0.1, -0.05) is 29.8 Å². The number of benzene rings is 2. The highest BCUT2D eigenvalue weighted by molar-refractivity contribution is 7.89. The Morgan fingerprint density at radius 2 is 1.73 bits per heavy atom. The summed E-state index contributed by atoms with van der Waals surface area (Å²) in [6.07, 6.45) is 0. The lowest BCUT2D eigenvalue weighted by atomic mass is 10.2. The van der Waals surface area contributed by atoms with E-state index >= 15 is 0 Å². The van der Waals surface area contributed by atoms with Crippen LogP contribution in [-0.2, 0) is 14.8 Å². The van der Waals surface area contributed by atoms with Crippen molar-refractivity contribution in [2.75, 3.05) is 50.0 Å². The SMILES string of the molecule is Cc1ccc(OCC(=O)NCCS(=O)(=O)N2CCN(c3ccccc3F)CC2)cc1. The topological polar surface area (TPSA) is 78.9 Å². The molecule has 1 aliphatic rings. The van der Waals surface area contributed by atoms with Gasteiger partial charge in [-0.3, -0.25) is 4.79 Å². The van der Waals surface area contributed by atoms with Crippen molar-refractivity contribution in [3.63, 3.8) is 0 Å². The number of halogens is 1. The van der Waals surface area contributed by atoms with Crippen molar-refractivity contribution >= 4 is 21.6 Å². The third-order valence-electron chi connectivity index (χ3n) is 4.90. The van der Waals surface area contributed by atoms with Crippen LogP contribution >= 0.6 is 0 Å². The molecule has 1 fully saturated rings. The van der Waals surface area contributed by atoms with Gasteiger partial charge >= 0.3 is 0 Å². The minimum Gasteiger partial charge on any atom is -0.484 e. The normalized spacial score (nSPS) is 15.1. The van der Waals surface area contributed by atoms with E-state index in [2.05, 4.69) is 5.32 Å². The summed E-state index contributed by atoms with van der Waals surface area (Å²) in [4.78, 5) is 13.7. The lowest BCUT2D eigenvalue weighted by molar-refractivity contribution is -0.122. The van der Waals surface area contributed by atoms with E-state index in [-0.39, 0.29) is 43.7 Å². The lowest BCUT2D eigenvalue weighted by Crippen LogP contribution is -2.50. The second kappa shape index (κ2) is 9.90. The molecule has 2 aromatic rings. The highest BCUT2D eigenvalue weighted by Crippen LogP contribution is 2.21. The molecular formula is C21H26FN3O4S. The van der Waals surface area contributed by atoms with Gasteiger partial charge in [-0.25, -0.2) is 12.8 Å². The number of hydrogen-bond donors (Lipinski definition) is 1. The molecule has 162 valence electrons. The molecule has 0 unspecified atom stereocenters. The van der Waals surface area contributed by atoms with Gasteiger partial charge in [-0.2, -0.15) is 4.31 Å². The first-order valence-corrected chi connectivity index (χ1v) is 11.4. The molecule has 1 N–H and O–H groups in total. The Kier molecular flexibility index (Phi) is 7.28. The summed E-state index contributed by atoms with van der Waals surface area (Å²) in [5.41, 5.74) is 1.57. The van der Waals surface area contributed by atoms with Crippen molar-refractivity contribution in [3.05, 3.63) is 59.9 Å². The quantitative estimate of drug-likeness (QED) is 0.684. The summed E-state index contributed by atoms with van der Waals surface area (Å²) in [6.45, 7) is 3.17. The Labute approximate surface area is 176 Å². The van der Waals surface area contributed by atoms with Crippen molar-refractivity contribution in [2.24, 2.45) is 0 Å². The van der Waals surface area contributed by atoms with E-state index in [1.54, 1.807) is 30.3 Å². The van der Waals surface area contributed by atoms with E-state index in [9.17, 15) is 17.6 Å². The maximum Gasteiger partial charge on any atom is 0.257 e. The van der Waals surface area contributed by atoms with Gasteiger partial charge < -0.3 is 15.0 Å². The van der Waals surface area contributed by atoms with Gasteiger partial charge in [0.25, 0.3) is 5.91 Å². The molecule has 1 aliphatic heterocycles. The Morgan fingerprint density at radius 1 is 1.07 bits per heavy atom. The summed E-state index contributed by atoms with van der Waals surface area (Å²) in [6, 6.07) is 13.8. The Hall–Kier alpha value is -2.65. The molecule has 0 bridgehead atoms. The van der Waals surface area contributed by atoms with Gasteiger partial charge in [0.05, 0.1) is 11.4 Å². The number of ether oxygens (including phenoxy) is 1. The van der Waals surface area contributed by atoms with Crippen LogP contribution in [0.2, 0.25) is 0 Å². The molecule has 7 nitrogen and oxygen atoms in total. The van der Waals surface area contributed by atoms with E-state index in [1.165, 1.54) is 10.4 Å². The van der Waals surface area contributed by atoms with Gasteiger partial charge in [-0.05, 0) is 31.2 Å². The number of carbonyl (C=O) groups excluding carboxylic acids is 1. The van der Waals surface area contributed by atoms with Gasteiger partial charge in [-0.15, -0.1) is 0 Å². The van der Waals surface area contributed by atoms with Crippen molar-refractivity contribution in [1.29, 1.82) is 0 Å². The average molecular weight is 436 g/mol. The fraction of sp³-hybridized carbons (Fsp3) is 0.381. The number of amides is 1. The van der Waals surface area contributed by atoms with Crippen molar-refractivity contribution < 1.29 is 22.3 Å². The number of piperazine rings is 1. The second-order valence-corrected chi connectivity index (χ2v) is 9.19. The zero-order chi connectivity index (χ0) is 21.6. The van der Waals surface area contributed by atoms with Gasteiger partial charge in [0.2, 0.25) is 10.0 Å². The third kappa shape index (κ3) is 5.93. The summed E-state index contributed by atoms with van der Waals surface area (Å²) in [5.74, 6) is -0.307. The van der Waals surface area contributed by atoms with Crippen molar-refractivity contribution in [2.45, 2.75) is 6.92 Å². The standard InChI is InChI=1S/C21H26FN3O4S/c1-17-6-8-18(9-7-17)29-16-21(26)23-10-15-30(27,28)25-13-11-24(12-14-25)20-5-3-2-4-19(20)22/h2-9H,10-16H2,1H3,(H,23,26). The van der Waals surface area contributed by atoms with Crippen molar-refractivity contribution in [1.82, 2.24) is 9.62 Å². The highest BCUT2D eigenvalue weighted by atomic mass is 32.2. The number of para-hydroxylation sites is 1. The number of carbonyl (C=O) groups is 1. The first-order chi connectivity index (χ1) is 14.3. The number of nitrogens with one attached hydrogen (secondary N) is 1. The summed E-state index contributed by atoms with van der Waals surface area (Å²) in [7, 11) is -3.51. The maximum atomic E-state index is 13.9. The lowest BCUT2D eigenvalue weighted by Gasteiger charge is -2.35. The van der Waals surface area contributed by atoms with Crippen LogP contribution in [0.15, 0.2) is 48.5 Å². The first kappa shape index (κ1) is 22.0. The van der Waals surface area contributed by atoms with Gasteiger partial charge in [0.15, 0.2) is 6.61 Å². The Morgan fingerprint density at radius 3 is 2.40 bits per heavy atom. The number of hydrogen-bond acceptors (Lipinski definition) is 5. The number of rotatable bonds is 8. The van der Waals surface area contributed by atoms with Crippen LogP contribution in [0.3, 0.4) is 0 Å². The van der Waals surface area contributed by atoms with E-state index < -0.39 is 10.0 Å². The zero-order valence-electron chi connectivity index (χ0n) is 16.9. The summed E-state index contributed by atoms with van der Waals surface area (Å²) >= 11 is 0.